The molecule has 36 heavy (non-hydrogen) atoms. The van der Waals surface area contributed by atoms with E-state index in [0.29, 0.717) is 49.7 Å². The highest BCUT2D eigenvalue weighted by atomic mass is 16.6. The summed E-state index contributed by atoms with van der Waals surface area (Å²) in [6.07, 6.45) is -0.0323. The SMILES string of the molecule is CC(C)Oc1ccc(C(O)=C2C(=O)C(=O)N(CCN3CCOCC3)[C@@H]2c2cccc([N+](=O)[O-])c2)cc1. The monoisotopic (exact) mass is 495 g/mol. The molecular formula is C26H29N3O7. The fourth-order valence-electron chi connectivity index (χ4n) is 4.46. The number of non-ortho nitro benzene ring substituents is 1. The number of Topliss-reactive ketones (excluding diaryl/α,β-unsaturated/α-hetero) is 1. The smallest absolute Gasteiger partial charge is 0.295 e. The predicted octanol–water partition coefficient (Wildman–Crippen LogP) is 3.14. The second-order valence-corrected chi connectivity index (χ2v) is 8.99. The zero-order valence-corrected chi connectivity index (χ0v) is 20.3. The van der Waals surface area contributed by atoms with Gasteiger partial charge in [0.05, 0.1) is 35.9 Å². The summed E-state index contributed by atoms with van der Waals surface area (Å²) in [6, 6.07) is 11.4. The van der Waals surface area contributed by atoms with Crippen LogP contribution in [0.15, 0.2) is 54.1 Å². The van der Waals surface area contributed by atoms with Crippen LogP contribution in [0.25, 0.3) is 5.76 Å². The summed E-state index contributed by atoms with van der Waals surface area (Å²) in [5.74, 6) is -1.31. The van der Waals surface area contributed by atoms with Crippen LogP contribution in [0.1, 0.15) is 31.0 Å². The van der Waals surface area contributed by atoms with Crippen molar-refractivity contribution in [3.8, 4) is 5.75 Å². The lowest BCUT2D eigenvalue weighted by Crippen LogP contribution is -2.42. The van der Waals surface area contributed by atoms with E-state index in [4.69, 9.17) is 9.47 Å². The van der Waals surface area contributed by atoms with E-state index < -0.39 is 22.7 Å². The molecular weight excluding hydrogens is 466 g/mol. The van der Waals surface area contributed by atoms with Gasteiger partial charge < -0.3 is 19.5 Å². The molecule has 0 bridgehead atoms. The molecule has 10 nitrogen and oxygen atoms in total. The number of nitro benzene ring substituents is 1. The fraction of sp³-hybridized carbons (Fsp3) is 0.385. The first kappa shape index (κ1) is 25.3. The van der Waals surface area contributed by atoms with E-state index in [1.54, 1.807) is 30.3 Å². The standard InChI is InChI=1S/C26H29N3O7/c1-17(2)36-21-8-6-18(7-9-21)24(30)22-23(19-4-3-5-20(16-19)29(33)34)28(26(32)25(22)31)11-10-27-12-14-35-15-13-27/h3-9,16-17,23,30H,10-15H2,1-2H3/t23-/m1/s1. The Hall–Kier alpha value is -3.76. The van der Waals surface area contributed by atoms with Crippen LogP contribution >= 0.6 is 0 Å². The summed E-state index contributed by atoms with van der Waals surface area (Å²) < 4.78 is 11.0. The van der Waals surface area contributed by atoms with Gasteiger partial charge in [-0.3, -0.25) is 24.6 Å². The van der Waals surface area contributed by atoms with Crippen LogP contribution in [0.4, 0.5) is 5.69 Å². The van der Waals surface area contributed by atoms with Crippen LogP contribution in [0.2, 0.25) is 0 Å². The summed E-state index contributed by atoms with van der Waals surface area (Å²) in [5.41, 5.74) is 0.459. The van der Waals surface area contributed by atoms with Gasteiger partial charge in [0.25, 0.3) is 17.4 Å². The number of benzene rings is 2. The van der Waals surface area contributed by atoms with Gasteiger partial charge in [-0.2, -0.15) is 0 Å². The maximum atomic E-state index is 13.2. The van der Waals surface area contributed by atoms with Gasteiger partial charge in [0.1, 0.15) is 11.5 Å². The minimum absolute atomic E-state index is 0.0323. The number of rotatable bonds is 8. The highest BCUT2D eigenvalue weighted by Gasteiger charge is 2.46. The molecule has 2 aliphatic rings. The third-order valence-corrected chi connectivity index (χ3v) is 6.20. The number of nitrogens with zero attached hydrogens (tertiary/aromatic N) is 3. The van der Waals surface area contributed by atoms with Crippen LogP contribution < -0.4 is 4.74 Å². The van der Waals surface area contributed by atoms with Gasteiger partial charge in [-0.1, -0.05) is 12.1 Å². The van der Waals surface area contributed by atoms with Crippen molar-refractivity contribution in [2.75, 3.05) is 39.4 Å². The van der Waals surface area contributed by atoms with Crippen LogP contribution in [0, 0.1) is 10.1 Å². The fourth-order valence-corrected chi connectivity index (χ4v) is 4.46. The summed E-state index contributed by atoms with van der Waals surface area (Å²) in [4.78, 5) is 40.7. The highest BCUT2D eigenvalue weighted by molar-refractivity contribution is 6.46. The Morgan fingerprint density at radius 3 is 2.47 bits per heavy atom. The van der Waals surface area contributed by atoms with Gasteiger partial charge >= 0.3 is 0 Å². The lowest BCUT2D eigenvalue weighted by molar-refractivity contribution is -0.384. The van der Waals surface area contributed by atoms with Crippen molar-refractivity contribution in [2.24, 2.45) is 0 Å². The maximum absolute atomic E-state index is 13.2. The molecule has 0 saturated carbocycles. The number of likely N-dealkylation sites (tertiary alicyclic amines) is 1. The molecule has 1 N–H and O–H groups in total. The third kappa shape index (κ3) is 5.39. The molecule has 2 aliphatic heterocycles. The number of ether oxygens (including phenoxy) is 2. The van der Waals surface area contributed by atoms with Crippen molar-refractivity contribution in [3.05, 3.63) is 75.3 Å². The Labute approximate surface area is 208 Å². The van der Waals surface area contributed by atoms with Gasteiger partial charge in [0.15, 0.2) is 0 Å². The van der Waals surface area contributed by atoms with E-state index in [2.05, 4.69) is 4.90 Å². The van der Waals surface area contributed by atoms with Gasteiger partial charge in [0, 0.05) is 43.9 Å². The molecule has 0 aromatic heterocycles. The summed E-state index contributed by atoms with van der Waals surface area (Å²) in [5, 5.41) is 22.6. The molecule has 2 fully saturated rings. The number of nitro groups is 1. The molecule has 0 aliphatic carbocycles. The van der Waals surface area contributed by atoms with Gasteiger partial charge in [-0.25, -0.2) is 0 Å². The lowest BCUT2D eigenvalue weighted by Gasteiger charge is -2.31. The first-order chi connectivity index (χ1) is 17.3. The zero-order valence-electron chi connectivity index (χ0n) is 20.3. The number of hydrogen-bond acceptors (Lipinski definition) is 8. The number of aliphatic hydroxyl groups is 1. The molecule has 1 atom stereocenters. The second kappa shape index (κ2) is 10.9. The van der Waals surface area contributed by atoms with Crippen LogP contribution in [-0.2, 0) is 14.3 Å². The molecule has 2 aromatic carbocycles. The molecule has 0 radical (unpaired) electrons. The maximum Gasteiger partial charge on any atom is 0.295 e. The molecule has 0 spiro atoms. The second-order valence-electron chi connectivity index (χ2n) is 8.99. The minimum atomic E-state index is -0.961. The summed E-state index contributed by atoms with van der Waals surface area (Å²) in [6.45, 7) is 7.09. The zero-order chi connectivity index (χ0) is 25.8. The molecule has 10 heteroatoms. The predicted molar refractivity (Wildman–Crippen MR) is 132 cm³/mol. The van der Waals surface area contributed by atoms with Crippen LogP contribution in [0.5, 0.6) is 5.75 Å². The number of carbonyl (C=O) groups excluding carboxylic acids is 2. The molecule has 2 aromatic rings. The van der Waals surface area contributed by atoms with E-state index in [1.165, 1.54) is 23.1 Å². The lowest BCUT2D eigenvalue weighted by atomic mass is 9.95. The van der Waals surface area contributed by atoms with Gasteiger partial charge in [-0.15, -0.1) is 0 Å². The van der Waals surface area contributed by atoms with E-state index in [0.717, 1.165) is 0 Å². The quantitative estimate of drug-likeness (QED) is 0.195. The molecule has 190 valence electrons. The number of ketones is 1. The molecule has 4 rings (SSSR count). The largest absolute Gasteiger partial charge is 0.507 e. The first-order valence-electron chi connectivity index (χ1n) is 11.9. The van der Waals surface area contributed by atoms with Crippen molar-refractivity contribution >= 4 is 23.1 Å². The Morgan fingerprint density at radius 1 is 1.14 bits per heavy atom. The number of amides is 1. The number of aliphatic hydroxyl groups excluding tert-OH is 1. The van der Waals surface area contributed by atoms with Gasteiger partial charge in [0.2, 0.25) is 0 Å². The van der Waals surface area contributed by atoms with E-state index >= 15 is 0 Å². The van der Waals surface area contributed by atoms with Crippen molar-refractivity contribution in [1.82, 2.24) is 9.80 Å². The Morgan fingerprint density at radius 2 is 1.83 bits per heavy atom. The van der Waals surface area contributed by atoms with Crippen molar-refractivity contribution < 1.29 is 29.1 Å². The average molecular weight is 496 g/mol. The first-order valence-corrected chi connectivity index (χ1v) is 11.9. The van der Waals surface area contributed by atoms with Crippen LogP contribution in [0.3, 0.4) is 0 Å². The summed E-state index contributed by atoms with van der Waals surface area (Å²) in [7, 11) is 0. The third-order valence-electron chi connectivity index (χ3n) is 6.20. The number of carbonyl (C=O) groups is 2. The Balaban J connectivity index is 1.73. The van der Waals surface area contributed by atoms with E-state index in [9.17, 15) is 24.8 Å². The number of hydrogen-bond donors (Lipinski definition) is 1. The molecule has 1 amide bonds. The Bertz CT molecular complexity index is 1170. The summed E-state index contributed by atoms with van der Waals surface area (Å²) >= 11 is 0. The van der Waals surface area contributed by atoms with Crippen molar-refractivity contribution in [1.29, 1.82) is 0 Å². The highest BCUT2D eigenvalue weighted by Crippen LogP contribution is 2.40. The molecule has 2 saturated heterocycles. The Kier molecular flexibility index (Phi) is 7.66. The molecule has 0 unspecified atom stereocenters. The van der Waals surface area contributed by atoms with Crippen molar-refractivity contribution in [3.63, 3.8) is 0 Å². The minimum Gasteiger partial charge on any atom is -0.507 e. The van der Waals surface area contributed by atoms with E-state index in [1.807, 2.05) is 13.8 Å². The van der Waals surface area contributed by atoms with Crippen LogP contribution in [-0.4, -0.2) is 77.0 Å². The number of morpholine rings is 1. The topological polar surface area (TPSA) is 122 Å². The normalized spacial score (nSPS) is 20.2. The van der Waals surface area contributed by atoms with E-state index in [-0.39, 0.29) is 29.7 Å². The average Bonchev–Trinajstić information content (AvgIpc) is 3.12. The molecule has 2 heterocycles. The van der Waals surface area contributed by atoms with Gasteiger partial charge in [-0.05, 0) is 43.7 Å². The van der Waals surface area contributed by atoms with Crippen molar-refractivity contribution in [2.45, 2.75) is 26.0 Å².